The lowest BCUT2D eigenvalue weighted by Crippen LogP contribution is -2.32. The second-order valence-electron chi connectivity index (χ2n) is 13.6. The van der Waals surface area contributed by atoms with E-state index in [0.29, 0.717) is 17.5 Å². The average molecular weight is 692 g/mol. The molecule has 0 saturated heterocycles. The number of nitrogens with zero attached hydrogens (tertiary/aromatic N) is 5. The third-order valence-electron chi connectivity index (χ3n) is 10.6. The summed E-state index contributed by atoms with van der Waals surface area (Å²) in [6.07, 6.45) is 1.89. The van der Waals surface area contributed by atoms with Crippen LogP contribution in [0.5, 0.6) is 11.5 Å². The zero-order chi connectivity index (χ0) is 35.6. The van der Waals surface area contributed by atoms with Crippen molar-refractivity contribution in [3.05, 3.63) is 198 Å². The van der Waals surface area contributed by atoms with Crippen molar-refractivity contribution in [1.29, 1.82) is 0 Å². The van der Waals surface area contributed by atoms with Crippen LogP contribution in [0.3, 0.4) is 0 Å². The molecule has 0 atom stereocenters. The first kappa shape index (κ1) is 30.3. The van der Waals surface area contributed by atoms with Crippen molar-refractivity contribution >= 4 is 11.0 Å². The fourth-order valence-electron chi connectivity index (χ4n) is 8.32. The summed E-state index contributed by atoms with van der Waals surface area (Å²) in [6.45, 7) is 0. The normalized spacial score (nSPS) is 13.1. The Morgan fingerprint density at radius 1 is 0.389 bits per heavy atom. The Balaban J connectivity index is 1.21. The highest BCUT2D eigenvalue weighted by Gasteiger charge is 2.52. The zero-order valence-corrected chi connectivity index (χ0v) is 28.9. The van der Waals surface area contributed by atoms with Gasteiger partial charge in [-0.05, 0) is 52.6 Å². The van der Waals surface area contributed by atoms with E-state index in [1.807, 2.05) is 103 Å². The van der Waals surface area contributed by atoms with Crippen LogP contribution in [0.1, 0.15) is 22.3 Å². The van der Waals surface area contributed by atoms with Crippen molar-refractivity contribution < 1.29 is 4.74 Å². The summed E-state index contributed by atoms with van der Waals surface area (Å²) in [5, 5.41) is 0. The molecule has 0 unspecified atom stereocenters. The van der Waals surface area contributed by atoms with Gasteiger partial charge in [-0.25, -0.2) is 19.9 Å². The molecular formula is C48H29N5O. The first-order chi connectivity index (χ1) is 26.8. The summed E-state index contributed by atoms with van der Waals surface area (Å²) in [7, 11) is 0. The van der Waals surface area contributed by atoms with Gasteiger partial charge in [0.2, 0.25) is 0 Å². The molecule has 1 spiro atoms. The number of para-hydroxylation sites is 4. The van der Waals surface area contributed by atoms with Gasteiger partial charge >= 0.3 is 0 Å². The minimum atomic E-state index is -0.704. The zero-order valence-electron chi connectivity index (χ0n) is 28.9. The van der Waals surface area contributed by atoms with Gasteiger partial charge in [-0.1, -0.05) is 140 Å². The Morgan fingerprint density at radius 3 is 1.61 bits per heavy atom. The third kappa shape index (κ3) is 4.50. The average Bonchev–Trinajstić information content (AvgIpc) is 3.54. The number of hydrogen-bond acceptors (Lipinski definition) is 6. The molecule has 11 rings (SSSR count). The van der Waals surface area contributed by atoms with Crippen LogP contribution in [0, 0.1) is 0 Å². The highest BCUT2D eigenvalue weighted by atomic mass is 16.5. The molecule has 9 aromatic rings. The quantitative estimate of drug-likeness (QED) is 0.183. The first-order valence-electron chi connectivity index (χ1n) is 18.0. The lowest BCUT2D eigenvalue weighted by atomic mass is 9.66. The van der Waals surface area contributed by atoms with Gasteiger partial charge in [0.1, 0.15) is 11.5 Å². The molecule has 1 aliphatic heterocycles. The van der Waals surface area contributed by atoms with Gasteiger partial charge in [-0.3, -0.25) is 4.98 Å². The predicted molar refractivity (Wildman–Crippen MR) is 212 cm³/mol. The van der Waals surface area contributed by atoms with Crippen molar-refractivity contribution in [1.82, 2.24) is 24.9 Å². The molecule has 252 valence electrons. The van der Waals surface area contributed by atoms with Gasteiger partial charge in [-0.2, -0.15) is 0 Å². The van der Waals surface area contributed by atoms with Crippen LogP contribution in [0.4, 0.5) is 0 Å². The van der Waals surface area contributed by atoms with Gasteiger partial charge in [0.25, 0.3) is 0 Å². The number of aromatic nitrogens is 5. The molecule has 7 aromatic carbocycles. The van der Waals surface area contributed by atoms with E-state index in [-0.39, 0.29) is 0 Å². The molecule has 2 aliphatic rings. The molecule has 0 bridgehead atoms. The summed E-state index contributed by atoms with van der Waals surface area (Å²) in [5.74, 6) is 3.50. The van der Waals surface area contributed by atoms with Gasteiger partial charge in [0.15, 0.2) is 17.5 Å². The number of hydrogen-bond donors (Lipinski definition) is 0. The maximum absolute atomic E-state index is 6.65. The van der Waals surface area contributed by atoms with Gasteiger partial charge in [0.05, 0.1) is 28.3 Å². The second-order valence-corrected chi connectivity index (χ2v) is 13.6. The molecular weight excluding hydrogens is 663 g/mol. The first-order valence-corrected chi connectivity index (χ1v) is 18.0. The lowest BCUT2D eigenvalue weighted by molar-refractivity contribution is 0.436. The number of fused-ring (bicyclic) bond motifs is 10. The van der Waals surface area contributed by atoms with E-state index in [4.69, 9.17) is 29.7 Å². The van der Waals surface area contributed by atoms with Crippen molar-refractivity contribution in [3.63, 3.8) is 0 Å². The highest BCUT2D eigenvalue weighted by molar-refractivity contribution is 5.97. The molecule has 0 saturated carbocycles. The Bertz CT molecular complexity index is 2820. The molecule has 3 heterocycles. The van der Waals surface area contributed by atoms with Gasteiger partial charge < -0.3 is 4.74 Å². The molecule has 0 N–H and O–H groups in total. The number of rotatable bonds is 4. The number of benzene rings is 7. The van der Waals surface area contributed by atoms with Crippen LogP contribution in [0.2, 0.25) is 0 Å². The highest BCUT2D eigenvalue weighted by Crippen LogP contribution is 2.63. The monoisotopic (exact) mass is 691 g/mol. The van der Waals surface area contributed by atoms with Crippen LogP contribution in [-0.2, 0) is 5.41 Å². The Kier molecular flexibility index (Phi) is 6.67. The topological polar surface area (TPSA) is 73.7 Å². The van der Waals surface area contributed by atoms with E-state index in [1.54, 1.807) is 0 Å². The predicted octanol–water partition coefficient (Wildman–Crippen LogP) is 11.0. The Hall–Kier alpha value is -7.31. The van der Waals surface area contributed by atoms with Crippen LogP contribution in [-0.4, -0.2) is 24.9 Å². The van der Waals surface area contributed by atoms with Crippen molar-refractivity contribution in [2.24, 2.45) is 0 Å². The Morgan fingerprint density at radius 2 is 0.944 bits per heavy atom. The minimum absolute atomic E-state index is 0.603. The summed E-state index contributed by atoms with van der Waals surface area (Å²) in [6, 6.07) is 58.2. The van der Waals surface area contributed by atoms with Crippen molar-refractivity contribution in [2.75, 3.05) is 0 Å². The van der Waals surface area contributed by atoms with Crippen molar-refractivity contribution in [3.8, 4) is 68.0 Å². The van der Waals surface area contributed by atoms with Gasteiger partial charge in [-0.15, -0.1) is 0 Å². The summed E-state index contributed by atoms with van der Waals surface area (Å²) < 4.78 is 6.65. The lowest BCUT2D eigenvalue weighted by Gasteiger charge is -2.39. The molecule has 0 radical (unpaired) electrons. The summed E-state index contributed by atoms with van der Waals surface area (Å²) in [4.78, 5) is 25.2. The number of ether oxygens (including phenoxy) is 1. The van der Waals surface area contributed by atoms with E-state index in [0.717, 1.165) is 83.9 Å². The maximum atomic E-state index is 6.65. The molecule has 54 heavy (non-hydrogen) atoms. The van der Waals surface area contributed by atoms with E-state index in [1.165, 1.54) is 0 Å². The van der Waals surface area contributed by atoms with E-state index < -0.39 is 5.41 Å². The molecule has 6 heteroatoms. The summed E-state index contributed by atoms with van der Waals surface area (Å²) >= 11 is 0. The molecule has 2 aromatic heterocycles. The molecule has 0 fully saturated rings. The minimum Gasteiger partial charge on any atom is -0.457 e. The van der Waals surface area contributed by atoms with Crippen LogP contribution in [0.25, 0.3) is 67.6 Å². The maximum Gasteiger partial charge on any atom is 0.164 e. The smallest absolute Gasteiger partial charge is 0.164 e. The van der Waals surface area contributed by atoms with E-state index >= 15 is 0 Å². The SMILES string of the molecule is c1ccc(-c2nc(-c3ccccc3)nc(-c3ccc4c(c3)C3(c5ccccc5Oc5ccccc53)c3cccc(-c5cnc6ccccc6n5)c3-4)n2)cc1. The van der Waals surface area contributed by atoms with Crippen LogP contribution < -0.4 is 4.74 Å². The van der Waals surface area contributed by atoms with E-state index in [9.17, 15) is 0 Å². The third-order valence-corrected chi connectivity index (χ3v) is 10.6. The van der Waals surface area contributed by atoms with Crippen molar-refractivity contribution in [2.45, 2.75) is 5.41 Å². The van der Waals surface area contributed by atoms with Crippen LogP contribution in [0.15, 0.2) is 176 Å². The fourth-order valence-corrected chi connectivity index (χ4v) is 8.32. The standard InChI is InChI=1S/C48H29N5O/c1-3-14-30(15-4-1)45-51-46(31-16-5-2-6-17-31)53-47(52-45)32-26-27-33-38(28-32)48(35-19-7-11-24-42(35)54-43-25-12-8-20-36(43)48)37-21-13-18-34(44(33)37)41-29-49-39-22-9-10-23-40(39)50-41/h1-29H. The van der Waals surface area contributed by atoms with Gasteiger partial charge in [0, 0.05) is 33.4 Å². The molecule has 1 aliphatic carbocycles. The largest absolute Gasteiger partial charge is 0.457 e. The fraction of sp³-hybridized carbons (Fsp3) is 0.0208. The summed E-state index contributed by atoms with van der Waals surface area (Å²) in [5.41, 5.74) is 12.3. The van der Waals surface area contributed by atoms with E-state index in [2.05, 4.69) is 72.8 Å². The Labute approximate surface area is 311 Å². The van der Waals surface area contributed by atoms with Crippen LogP contribution >= 0.6 is 0 Å². The second kappa shape index (κ2) is 11.9. The molecule has 6 nitrogen and oxygen atoms in total. The molecule has 0 amide bonds.